The van der Waals surface area contributed by atoms with Gasteiger partial charge in [0.2, 0.25) is 11.9 Å². The zero-order chi connectivity index (χ0) is 20.8. The Hall–Kier alpha value is -2.89. The summed E-state index contributed by atoms with van der Waals surface area (Å²) in [7, 11) is 0. The summed E-state index contributed by atoms with van der Waals surface area (Å²) in [6, 6.07) is 9.76. The average Bonchev–Trinajstić information content (AvgIpc) is 3.18. The number of nitrogens with zero attached hydrogens (tertiary/aromatic N) is 4. The average molecular weight is 431 g/mol. The van der Waals surface area contributed by atoms with Crippen molar-refractivity contribution in [3.63, 3.8) is 0 Å². The van der Waals surface area contributed by atoms with Crippen LogP contribution in [-0.4, -0.2) is 46.7 Å². The topological polar surface area (TPSA) is 114 Å². The lowest BCUT2D eigenvalue weighted by Crippen LogP contribution is -2.38. The van der Waals surface area contributed by atoms with E-state index in [0.29, 0.717) is 18.1 Å². The molecule has 0 radical (unpaired) electrons. The normalized spacial score (nSPS) is 15.3. The first-order valence-corrected chi connectivity index (χ1v) is 9.83. The van der Waals surface area contributed by atoms with Crippen molar-refractivity contribution in [3.8, 4) is 6.07 Å². The Bertz CT molecular complexity index is 930. The molecule has 0 bridgehead atoms. The monoisotopic (exact) mass is 430 g/mol. The Morgan fingerprint density at radius 2 is 2.17 bits per heavy atom. The molecular formula is C21H27ClN6O2. The second-order valence-electron chi connectivity index (χ2n) is 7.21. The third kappa shape index (κ3) is 5.81. The lowest BCUT2D eigenvalue weighted by molar-refractivity contribution is -0.124. The first-order valence-electron chi connectivity index (χ1n) is 9.83. The van der Waals surface area contributed by atoms with Gasteiger partial charge in [-0.2, -0.15) is 10.2 Å². The van der Waals surface area contributed by atoms with Crippen molar-refractivity contribution < 1.29 is 9.90 Å². The molecule has 0 aliphatic carbocycles. The summed E-state index contributed by atoms with van der Waals surface area (Å²) in [5.41, 5.74) is 3.24. The van der Waals surface area contributed by atoms with Crippen molar-refractivity contribution in [2.45, 2.75) is 39.2 Å². The van der Waals surface area contributed by atoms with Gasteiger partial charge in [0.1, 0.15) is 12.4 Å². The lowest BCUT2D eigenvalue weighted by Gasteiger charge is -2.19. The molecule has 2 heterocycles. The number of carbonyl (C=O) groups excluding carboxylic acids is 1. The number of rotatable bonds is 7. The van der Waals surface area contributed by atoms with E-state index in [9.17, 15) is 10.1 Å². The van der Waals surface area contributed by atoms with Crippen LogP contribution in [0.4, 0.5) is 17.5 Å². The number of hydrogen-bond acceptors (Lipinski definition) is 7. The first-order chi connectivity index (χ1) is 14.0. The van der Waals surface area contributed by atoms with E-state index in [2.05, 4.69) is 38.5 Å². The van der Waals surface area contributed by atoms with Crippen LogP contribution in [-0.2, 0) is 11.2 Å². The van der Waals surface area contributed by atoms with Crippen molar-refractivity contribution in [2.24, 2.45) is 0 Å². The van der Waals surface area contributed by atoms with Crippen molar-refractivity contribution in [3.05, 3.63) is 41.1 Å². The van der Waals surface area contributed by atoms with Crippen molar-refractivity contribution in [1.29, 1.82) is 5.26 Å². The molecule has 1 unspecified atom stereocenters. The number of hydrogen-bond donors (Lipinski definition) is 3. The molecule has 1 aliphatic heterocycles. The molecule has 3 rings (SSSR count). The van der Waals surface area contributed by atoms with E-state index in [1.807, 2.05) is 25.1 Å². The number of anilines is 3. The van der Waals surface area contributed by atoms with Gasteiger partial charge < -0.3 is 20.6 Å². The maximum atomic E-state index is 11.4. The second kappa shape index (κ2) is 10.8. The Morgan fingerprint density at radius 1 is 1.37 bits per heavy atom. The number of aryl methyl sites for hydroxylation is 2. The molecule has 1 fully saturated rings. The molecular weight excluding hydrogens is 404 g/mol. The molecule has 1 atom stereocenters. The van der Waals surface area contributed by atoms with Crippen LogP contribution in [0.3, 0.4) is 0 Å². The molecule has 1 aromatic heterocycles. The molecule has 1 saturated heterocycles. The fourth-order valence-corrected chi connectivity index (χ4v) is 3.39. The number of carbonyl (C=O) groups is 1. The van der Waals surface area contributed by atoms with E-state index in [-0.39, 0.29) is 24.4 Å². The van der Waals surface area contributed by atoms with E-state index in [1.54, 1.807) is 6.07 Å². The number of aromatic nitrogens is 2. The molecule has 1 aromatic carbocycles. The van der Waals surface area contributed by atoms with Gasteiger partial charge in [0.15, 0.2) is 0 Å². The SMILES string of the molecule is CCCc1cc(N2CCC(NC(=O)CO)C2)nc(Nc2ccc(C)c(C#N)c2)n1.Cl. The highest BCUT2D eigenvalue weighted by Gasteiger charge is 2.25. The number of benzene rings is 1. The van der Waals surface area contributed by atoms with Crippen LogP contribution in [0, 0.1) is 18.3 Å². The molecule has 30 heavy (non-hydrogen) atoms. The smallest absolute Gasteiger partial charge is 0.245 e. The van der Waals surface area contributed by atoms with Crippen LogP contribution in [0.15, 0.2) is 24.3 Å². The van der Waals surface area contributed by atoms with Crippen LogP contribution in [0.25, 0.3) is 0 Å². The third-order valence-electron chi connectivity index (χ3n) is 4.91. The summed E-state index contributed by atoms with van der Waals surface area (Å²) in [6.07, 6.45) is 2.60. The van der Waals surface area contributed by atoms with E-state index in [1.165, 1.54) is 0 Å². The molecule has 3 N–H and O–H groups in total. The van der Waals surface area contributed by atoms with Gasteiger partial charge in [0, 0.05) is 36.6 Å². The summed E-state index contributed by atoms with van der Waals surface area (Å²) in [4.78, 5) is 22.8. The Labute approximate surface area is 182 Å². The highest BCUT2D eigenvalue weighted by Crippen LogP contribution is 2.24. The summed E-state index contributed by atoms with van der Waals surface area (Å²) in [5.74, 6) is 0.932. The van der Waals surface area contributed by atoms with Crippen LogP contribution >= 0.6 is 12.4 Å². The van der Waals surface area contributed by atoms with E-state index in [0.717, 1.165) is 48.6 Å². The number of amides is 1. The highest BCUT2D eigenvalue weighted by molar-refractivity contribution is 5.85. The van der Waals surface area contributed by atoms with Crippen molar-refractivity contribution in [2.75, 3.05) is 29.9 Å². The van der Waals surface area contributed by atoms with Gasteiger partial charge in [-0.3, -0.25) is 4.79 Å². The molecule has 0 spiro atoms. The predicted molar refractivity (Wildman–Crippen MR) is 118 cm³/mol. The maximum Gasteiger partial charge on any atom is 0.245 e. The Kier molecular flexibility index (Phi) is 8.39. The Morgan fingerprint density at radius 3 is 2.87 bits per heavy atom. The van der Waals surface area contributed by atoms with Gasteiger partial charge in [-0.05, 0) is 37.5 Å². The zero-order valence-electron chi connectivity index (χ0n) is 17.2. The molecule has 9 heteroatoms. The number of nitriles is 1. The quantitative estimate of drug-likeness (QED) is 0.618. The van der Waals surface area contributed by atoms with Gasteiger partial charge in [0.05, 0.1) is 11.6 Å². The van der Waals surface area contributed by atoms with Crippen LogP contribution in [0.5, 0.6) is 0 Å². The fourth-order valence-electron chi connectivity index (χ4n) is 3.39. The van der Waals surface area contributed by atoms with Crippen molar-refractivity contribution in [1.82, 2.24) is 15.3 Å². The van der Waals surface area contributed by atoms with Gasteiger partial charge in [-0.15, -0.1) is 12.4 Å². The van der Waals surface area contributed by atoms with E-state index < -0.39 is 6.61 Å². The summed E-state index contributed by atoms with van der Waals surface area (Å²) in [5, 5.41) is 24.2. The van der Waals surface area contributed by atoms with Gasteiger partial charge in [-0.1, -0.05) is 19.4 Å². The standard InChI is InChI=1S/C21H26N6O2.ClH/c1-3-4-16-10-19(27-8-7-18(12-27)23-20(29)13-28)26-21(24-16)25-17-6-5-14(2)15(9-17)11-22;/h5-6,9-10,18,28H,3-4,7-8,12-13H2,1-2H3,(H,23,29)(H,24,25,26);1H. The Balaban J connectivity index is 0.00000320. The number of halogens is 1. The van der Waals surface area contributed by atoms with Gasteiger partial charge in [0.25, 0.3) is 0 Å². The third-order valence-corrected chi connectivity index (χ3v) is 4.91. The highest BCUT2D eigenvalue weighted by atomic mass is 35.5. The number of nitrogens with one attached hydrogen (secondary N) is 2. The first kappa shape index (κ1) is 23.4. The molecule has 0 saturated carbocycles. The summed E-state index contributed by atoms with van der Waals surface area (Å²) in [6.45, 7) is 4.90. The molecule has 2 aromatic rings. The molecule has 160 valence electrons. The second-order valence-corrected chi connectivity index (χ2v) is 7.21. The lowest BCUT2D eigenvalue weighted by atomic mass is 10.1. The predicted octanol–water partition coefficient (Wildman–Crippen LogP) is 2.46. The largest absolute Gasteiger partial charge is 0.387 e. The van der Waals surface area contributed by atoms with E-state index in [4.69, 9.17) is 5.11 Å². The van der Waals surface area contributed by atoms with Crippen LogP contribution in [0.1, 0.15) is 36.6 Å². The number of aliphatic hydroxyl groups is 1. The van der Waals surface area contributed by atoms with Crippen LogP contribution in [0.2, 0.25) is 0 Å². The summed E-state index contributed by atoms with van der Waals surface area (Å²) < 4.78 is 0. The van der Waals surface area contributed by atoms with Gasteiger partial charge >= 0.3 is 0 Å². The van der Waals surface area contributed by atoms with Crippen molar-refractivity contribution >= 4 is 35.8 Å². The molecule has 1 aliphatic rings. The summed E-state index contributed by atoms with van der Waals surface area (Å²) >= 11 is 0. The minimum atomic E-state index is -0.500. The molecule has 8 nitrogen and oxygen atoms in total. The fraction of sp³-hybridized carbons (Fsp3) is 0.429. The van der Waals surface area contributed by atoms with Crippen LogP contribution < -0.4 is 15.5 Å². The molecule has 1 amide bonds. The van der Waals surface area contributed by atoms with E-state index >= 15 is 0 Å². The number of aliphatic hydroxyl groups excluding tert-OH is 1. The minimum Gasteiger partial charge on any atom is -0.387 e. The zero-order valence-corrected chi connectivity index (χ0v) is 18.0. The minimum absolute atomic E-state index is 0. The maximum absolute atomic E-state index is 11.4. The van der Waals surface area contributed by atoms with Gasteiger partial charge in [-0.25, -0.2) is 4.98 Å².